The van der Waals surface area contributed by atoms with Crippen molar-refractivity contribution in [2.75, 3.05) is 11.6 Å². The van der Waals surface area contributed by atoms with Gasteiger partial charge in [0.05, 0.1) is 5.69 Å². The Morgan fingerprint density at radius 1 is 1.63 bits per heavy atom. The topological polar surface area (TPSA) is 88.2 Å². The minimum Gasteiger partial charge on any atom is -0.480 e. The van der Waals surface area contributed by atoms with Crippen LogP contribution in [0.5, 0.6) is 0 Å². The molecule has 4 N–H and O–H groups in total. The van der Waals surface area contributed by atoms with Gasteiger partial charge in [0.15, 0.2) is 5.13 Å². The Morgan fingerprint density at radius 3 is 3.05 bits per heavy atom. The molecule has 1 aromatic heterocycles. The van der Waals surface area contributed by atoms with Gasteiger partial charge in [-0.05, 0) is 19.1 Å². The van der Waals surface area contributed by atoms with Crippen LogP contribution in [0.15, 0.2) is 5.38 Å². The maximum Gasteiger partial charge on any atom is 0.326 e. The molecule has 1 heterocycles. The molecule has 1 aliphatic carbocycles. The van der Waals surface area contributed by atoms with Crippen molar-refractivity contribution in [2.45, 2.75) is 43.0 Å². The molecule has 0 amide bonds. The highest BCUT2D eigenvalue weighted by molar-refractivity contribution is 7.99. The van der Waals surface area contributed by atoms with E-state index in [1.165, 1.54) is 30.6 Å². The maximum atomic E-state index is 10.8. The van der Waals surface area contributed by atoms with Gasteiger partial charge in [0, 0.05) is 16.7 Å². The second-order valence-corrected chi connectivity index (χ2v) is 6.64. The molecule has 7 heteroatoms. The van der Waals surface area contributed by atoms with Crippen molar-refractivity contribution in [2.24, 2.45) is 5.73 Å². The van der Waals surface area contributed by atoms with E-state index in [4.69, 9.17) is 10.8 Å². The third-order valence-corrected chi connectivity index (χ3v) is 5.38. The lowest BCUT2D eigenvalue weighted by molar-refractivity contribution is -0.138. The summed E-state index contributed by atoms with van der Waals surface area (Å²) >= 11 is 3.31. The van der Waals surface area contributed by atoms with Gasteiger partial charge in [-0.3, -0.25) is 4.79 Å². The molecule has 1 saturated carbocycles. The average molecular weight is 301 g/mol. The van der Waals surface area contributed by atoms with E-state index >= 15 is 0 Å². The number of nitrogens with one attached hydrogen (secondary N) is 1. The summed E-state index contributed by atoms with van der Waals surface area (Å²) in [7, 11) is 0. The summed E-state index contributed by atoms with van der Waals surface area (Å²) in [6, 6.07) is -0.613. The monoisotopic (exact) mass is 301 g/mol. The van der Waals surface area contributed by atoms with Crippen LogP contribution >= 0.6 is 23.1 Å². The lowest BCUT2D eigenvalue weighted by atomic mass is 9.95. The fourth-order valence-corrected chi connectivity index (χ4v) is 4.07. The highest BCUT2D eigenvalue weighted by Gasteiger charge is 2.25. The first-order valence-electron chi connectivity index (χ1n) is 6.35. The number of carboxylic acids is 1. The van der Waals surface area contributed by atoms with E-state index in [1.807, 2.05) is 11.8 Å². The van der Waals surface area contributed by atoms with Crippen LogP contribution in [0.1, 0.15) is 37.4 Å². The Morgan fingerprint density at radius 2 is 2.37 bits per heavy atom. The molecule has 2 rings (SSSR count). The summed E-state index contributed by atoms with van der Waals surface area (Å²) in [5.74, 6) is -1.04. The third kappa shape index (κ3) is 3.61. The van der Waals surface area contributed by atoms with E-state index < -0.39 is 12.0 Å². The summed E-state index contributed by atoms with van der Waals surface area (Å²) in [6.07, 6.45) is 7.04. The molecule has 0 radical (unpaired) electrons. The van der Waals surface area contributed by atoms with Crippen molar-refractivity contribution < 1.29 is 9.90 Å². The fourth-order valence-electron chi connectivity index (χ4n) is 2.32. The van der Waals surface area contributed by atoms with Crippen molar-refractivity contribution in [3.05, 3.63) is 11.1 Å². The Bertz CT molecular complexity index is 438. The van der Waals surface area contributed by atoms with Crippen molar-refractivity contribution in [3.8, 4) is 0 Å². The number of nitrogens with two attached hydrogens (primary N) is 1. The number of anilines is 1. The van der Waals surface area contributed by atoms with Crippen molar-refractivity contribution >= 4 is 34.2 Å². The zero-order valence-corrected chi connectivity index (χ0v) is 12.5. The van der Waals surface area contributed by atoms with Crippen molar-refractivity contribution in [3.63, 3.8) is 0 Å². The lowest BCUT2D eigenvalue weighted by Crippen LogP contribution is -2.34. The SMILES string of the molecule is CSC1CCCCC1Nc1nc(C(N)C(=O)O)cs1. The largest absolute Gasteiger partial charge is 0.480 e. The molecular formula is C12H19N3O2S2. The molecule has 1 fully saturated rings. The quantitative estimate of drug-likeness (QED) is 0.773. The van der Waals surface area contributed by atoms with E-state index in [-0.39, 0.29) is 0 Å². The zero-order chi connectivity index (χ0) is 13.8. The van der Waals surface area contributed by atoms with Crippen LogP contribution in [0.3, 0.4) is 0 Å². The van der Waals surface area contributed by atoms with Crippen LogP contribution in [0.4, 0.5) is 5.13 Å². The molecule has 0 aliphatic heterocycles. The number of aliphatic carboxylic acids is 1. The van der Waals surface area contributed by atoms with Crippen LogP contribution in [0, 0.1) is 0 Å². The van der Waals surface area contributed by atoms with Crippen LogP contribution < -0.4 is 11.1 Å². The van der Waals surface area contributed by atoms with Crippen molar-refractivity contribution in [1.82, 2.24) is 4.98 Å². The van der Waals surface area contributed by atoms with Crippen molar-refractivity contribution in [1.29, 1.82) is 0 Å². The summed E-state index contributed by atoms with van der Waals surface area (Å²) in [5.41, 5.74) is 5.98. The van der Waals surface area contributed by atoms with Gasteiger partial charge in [-0.1, -0.05) is 12.8 Å². The molecule has 0 saturated heterocycles. The van der Waals surface area contributed by atoms with E-state index in [1.54, 1.807) is 5.38 Å². The van der Waals surface area contributed by atoms with Crippen LogP contribution in [-0.4, -0.2) is 33.6 Å². The van der Waals surface area contributed by atoms with Crippen LogP contribution in [0.2, 0.25) is 0 Å². The molecular weight excluding hydrogens is 282 g/mol. The second kappa shape index (κ2) is 6.58. The standard InChI is InChI=1S/C12H19N3O2S2/c1-18-9-5-3-2-4-7(9)14-12-15-8(6-19-12)10(13)11(16)17/h6-7,9-10H,2-5,13H2,1H3,(H,14,15)(H,16,17). The molecule has 19 heavy (non-hydrogen) atoms. The Balaban J connectivity index is 2.01. The van der Waals surface area contributed by atoms with Gasteiger partial charge in [0.2, 0.25) is 0 Å². The van der Waals surface area contributed by atoms with Gasteiger partial charge >= 0.3 is 5.97 Å². The van der Waals surface area contributed by atoms with E-state index in [2.05, 4.69) is 16.6 Å². The number of rotatable bonds is 5. The number of thiazole rings is 1. The molecule has 5 nitrogen and oxygen atoms in total. The minimum absolute atomic E-state index is 0.420. The van der Waals surface area contributed by atoms with E-state index in [0.29, 0.717) is 17.0 Å². The number of aromatic nitrogens is 1. The first kappa shape index (κ1) is 14.6. The number of carbonyl (C=O) groups is 1. The predicted octanol–water partition coefficient (Wildman–Crippen LogP) is 2.31. The second-order valence-electron chi connectivity index (χ2n) is 4.70. The normalized spacial score (nSPS) is 24.9. The number of hydrogen-bond acceptors (Lipinski definition) is 6. The smallest absolute Gasteiger partial charge is 0.326 e. The lowest BCUT2D eigenvalue weighted by Gasteiger charge is -2.30. The molecule has 1 aromatic rings. The number of hydrogen-bond donors (Lipinski definition) is 3. The molecule has 0 aromatic carbocycles. The molecule has 0 bridgehead atoms. The van der Waals surface area contributed by atoms with Gasteiger partial charge in [-0.15, -0.1) is 11.3 Å². The Kier molecular flexibility index (Phi) is 5.06. The summed E-state index contributed by atoms with van der Waals surface area (Å²) in [5, 5.41) is 15.4. The molecule has 106 valence electrons. The first-order chi connectivity index (χ1) is 9.11. The highest BCUT2D eigenvalue weighted by atomic mass is 32.2. The van der Waals surface area contributed by atoms with Gasteiger partial charge in [0.25, 0.3) is 0 Å². The van der Waals surface area contributed by atoms with Gasteiger partial charge < -0.3 is 16.2 Å². The van der Waals surface area contributed by atoms with E-state index in [0.717, 1.165) is 11.6 Å². The number of carboxylic acid groups (broad SMARTS) is 1. The summed E-state index contributed by atoms with van der Waals surface area (Å²) in [6.45, 7) is 0. The van der Waals surface area contributed by atoms with Gasteiger partial charge in [0.1, 0.15) is 6.04 Å². The zero-order valence-electron chi connectivity index (χ0n) is 10.8. The summed E-state index contributed by atoms with van der Waals surface area (Å²) < 4.78 is 0. The Hall–Kier alpha value is -0.790. The average Bonchev–Trinajstić information content (AvgIpc) is 2.87. The highest BCUT2D eigenvalue weighted by Crippen LogP contribution is 2.30. The van der Waals surface area contributed by atoms with Crippen LogP contribution in [0.25, 0.3) is 0 Å². The van der Waals surface area contributed by atoms with Gasteiger partial charge in [-0.25, -0.2) is 4.98 Å². The third-order valence-electron chi connectivity index (χ3n) is 3.42. The fraction of sp³-hybridized carbons (Fsp3) is 0.667. The molecule has 0 spiro atoms. The molecule has 3 atom stereocenters. The summed E-state index contributed by atoms with van der Waals surface area (Å²) in [4.78, 5) is 15.1. The molecule has 1 aliphatic rings. The predicted molar refractivity (Wildman–Crippen MR) is 79.9 cm³/mol. The maximum absolute atomic E-state index is 10.8. The van der Waals surface area contributed by atoms with Gasteiger partial charge in [-0.2, -0.15) is 11.8 Å². The van der Waals surface area contributed by atoms with Crippen LogP contribution in [-0.2, 0) is 4.79 Å². The minimum atomic E-state index is -1.04. The number of nitrogens with zero attached hydrogens (tertiary/aromatic N) is 1. The van der Waals surface area contributed by atoms with E-state index in [9.17, 15) is 4.79 Å². The first-order valence-corrected chi connectivity index (χ1v) is 8.51. The Labute approximate surface area is 121 Å². The molecule has 3 unspecified atom stereocenters. The number of thioether (sulfide) groups is 1.